The highest BCUT2D eigenvalue weighted by Gasteiger charge is 2.11. The molecule has 0 N–H and O–H groups in total. The summed E-state index contributed by atoms with van der Waals surface area (Å²) in [6.45, 7) is 4.03. The Morgan fingerprint density at radius 2 is 1.37 bits per heavy atom. The number of halogens is 3. The molecule has 0 unspecified atom stereocenters. The molecule has 0 fully saturated rings. The zero-order chi connectivity index (χ0) is 21.5. The second-order valence-corrected chi connectivity index (χ2v) is 7.56. The van der Waals surface area contributed by atoms with Gasteiger partial charge in [-0.1, -0.05) is 87.4 Å². The van der Waals surface area contributed by atoms with E-state index in [0.717, 1.165) is 47.9 Å². The molecule has 0 saturated heterocycles. The largest absolute Gasteiger partial charge is 0.207 e. The van der Waals surface area contributed by atoms with Crippen molar-refractivity contribution < 1.29 is 13.2 Å². The lowest BCUT2D eigenvalue weighted by molar-refractivity contribution is 0.496. The number of hydrogen-bond acceptors (Lipinski definition) is 0. The van der Waals surface area contributed by atoms with Crippen molar-refractivity contribution in [1.29, 1.82) is 0 Å². The van der Waals surface area contributed by atoms with Crippen LogP contribution in [0.5, 0.6) is 0 Å². The highest BCUT2D eigenvalue weighted by atomic mass is 19.2. The van der Waals surface area contributed by atoms with Crippen molar-refractivity contribution in [2.24, 2.45) is 0 Å². The fourth-order valence-corrected chi connectivity index (χ4v) is 3.47. The molecule has 0 aliphatic heterocycles. The molecule has 3 rings (SSSR count). The summed E-state index contributed by atoms with van der Waals surface area (Å²) in [4.78, 5) is 0. The molecule has 3 aromatic rings. The fraction of sp³-hybridized carbons (Fsp3) is 0.259. The van der Waals surface area contributed by atoms with Crippen molar-refractivity contribution in [3.63, 3.8) is 0 Å². The van der Waals surface area contributed by atoms with Crippen LogP contribution in [0.15, 0.2) is 54.6 Å². The van der Waals surface area contributed by atoms with E-state index in [4.69, 9.17) is 0 Å². The minimum Gasteiger partial charge on any atom is -0.207 e. The van der Waals surface area contributed by atoms with E-state index < -0.39 is 11.6 Å². The summed E-state index contributed by atoms with van der Waals surface area (Å²) in [5, 5.41) is 0. The lowest BCUT2D eigenvalue weighted by atomic mass is 10.00. The van der Waals surface area contributed by atoms with E-state index in [1.54, 1.807) is 30.4 Å². The lowest BCUT2D eigenvalue weighted by Gasteiger charge is -2.07. The molecular weight excluding hydrogens is 381 g/mol. The van der Waals surface area contributed by atoms with E-state index >= 15 is 0 Å². The Morgan fingerprint density at radius 1 is 0.667 bits per heavy atom. The molecule has 0 heterocycles. The van der Waals surface area contributed by atoms with Gasteiger partial charge >= 0.3 is 0 Å². The van der Waals surface area contributed by atoms with Crippen LogP contribution in [0, 0.1) is 17.5 Å². The predicted molar refractivity (Wildman–Crippen MR) is 120 cm³/mol. The van der Waals surface area contributed by atoms with E-state index in [1.165, 1.54) is 0 Å². The van der Waals surface area contributed by atoms with Gasteiger partial charge in [0.25, 0.3) is 0 Å². The summed E-state index contributed by atoms with van der Waals surface area (Å²) in [5.41, 5.74) is 3.97. The van der Waals surface area contributed by atoms with Gasteiger partial charge in [0.2, 0.25) is 0 Å². The minimum atomic E-state index is -0.813. The maximum Gasteiger partial charge on any atom is 0.166 e. The van der Waals surface area contributed by atoms with Gasteiger partial charge in [0, 0.05) is 5.56 Å². The van der Waals surface area contributed by atoms with Crippen molar-refractivity contribution in [3.05, 3.63) is 94.3 Å². The minimum absolute atomic E-state index is 0.172. The normalized spacial score (nSPS) is 11.4. The lowest BCUT2D eigenvalue weighted by Crippen LogP contribution is -1.96. The van der Waals surface area contributed by atoms with Crippen molar-refractivity contribution >= 4 is 12.2 Å². The summed E-state index contributed by atoms with van der Waals surface area (Å²) in [6.07, 6.45) is 7.38. The molecule has 156 valence electrons. The monoisotopic (exact) mass is 408 g/mol. The van der Waals surface area contributed by atoms with Gasteiger partial charge in [-0.3, -0.25) is 0 Å². The molecule has 0 spiro atoms. The van der Waals surface area contributed by atoms with Crippen molar-refractivity contribution in [3.8, 4) is 11.1 Å². The summed E-state index contributed by atoms with van der Waals surface area (Å²) >= 11 is 0. The van der Waals surface area contributed by atoms with Crippen LogP contribution in [0.4, 0.5) is 13.2 Å². The SMILES string of the molecule is CCCCc1ccc(-c2ccc(C=Cc3ccc(CCC)c(F)c3F)cc2)cc1F. The Kier molecular flexibility index (Phi) is 7.51. The third-order valence-corrected chi connectivity index (χ3v) is 5.26. The van der Waals surface area contributed by atoms with Gasteiger partial charge in [-0.15, -0.1) is 0 Å². The first kappa shape index (κ1) is 21.9. The van der Waals surface area contributed by atoms with Crippen LogP contribution in [-0.4, -0.2) is 0 Å². The van der Waals surface area contributed by atoms with E-state index in [1.807, 2.05) is 43.3 Å². The van der Waals surface area contributed by atoms with Gasteiger partial charge < -0.3 is 0 Å². The Balaban J connectivity index is 1.75. The standard InChI is InChI=1S/C27H27F3/c1-3-5-7-21-14-17-24(18-25(21)28)20-11-8-19(9-12-20)10-13-23-16-15-22(6-4-2)26(29)27(23)30/h8-18H,3-7H2,1-2H3. The average molecular weight is 409 g/mol. The van der Waals surface area contributed by atoms with Crippen LogP contribution in [0.3, 0.4) is 0 Å². The van der Waals surface area contributed by atoms with E-state index in [9.17, 15) is 13.2 Å². The second-order valence-electron chi connectivity index (χ2n) is 7.56. The number of rotatable bonds is 8. The van der Waals surface area contributed by atoms with Gasteiger partial charge in [0.05, 0.1) is 0 Å². The summed E-state index contributed by atoms with van der Waals surface area (Å²) in [5.74, 6) is -1.75. The van der Waals surface area contributed by atoms with Gasteiger partial charge in [-0.25, -0.2) is 13.2 Å². The number of benzene rings is 3. The molecule has 0 amide bonds. The Hall–Kier alpha value is -2.81. The van der Waals surface area contributed by atoms with Gasteiger partial charge in [-0.2, -0.15) is 0 Å². The highest BCUT2D eigenvalue weighted by molar-refractivity contribution is 5.72. The third kappa shape index (κ3) is 5.21. The van der Waals surface area contributed by atoms with E-state index in [2.05, 4.69) is 6.92 Å². The topological polar surface area (TPSA) is 0 Å². The Morgan fingerprint density at radius 3 is 2.03 bits per heavy atom. The Labute approximate surface area is 177 Å². The quantitative estimate of drug-likeness (QED) is 0.329. The number of unbranched alkanes of at least 4 members (excludes halogenated alkanes) is 1. The molecule has 0 aliphatic rings. The smallest absolute Gasteiger partial charge is 0.166 e. The second kappa shape index (κ2) is 10.3. The predicted octanol–water partition coefficient (Wildman–Crippen LogP) is 8.24. The van der Waals surface area contributed by atoms with Crippen LogP contribution in [0.25, 0.3) is 23.3 Å². The first-order chi connectivity index (χ1) is 14.5. The molecular formula is C27H27F3. The van der Waals surface area contributed by atoms with Crippen LogP contribution in [0.1, 0.15) is 55.4 Å². The van der Waals surface area contributed by atoms with E-state index in [-0.39, 0.29) is 11.4 Å². The van der Waals surface area contributed by atoms with Gasteiger partial charge in [0.15, 0.2) is 11.6 Å². The number of hydrogen-bond donors (Lipinski definition) is 0. The number of aryl methyl sites for hydroxylation is 2. The van der Waals surface area contributed by atoms with Gasteiger partial charge in [-0.05, 0) is 53.1 Å². The molecule has 0 nitrogen and oxygen atoms in total. The van der Waals surface area contributed by atoms with Crippen LogP contribution >= 0.6 is 0 Å². The summed E-state index contributed by atoms with van der Waals surface area (Å²) in [7, 11) is 0. The van der Waals surface area contributed by atoms with E-state index in [0.29, 0.717) is 12.0 Å². The zero-order valence-corrected chi connectivity index (χ0v) is 17.5. The summed E-state index contributed by atoms with van der Waals surface area (Å²) < 4.78 is 42.7. The molecule has 0 saturated carbocycles. The molecule has 3 aromatic carbocycles. The highest BCUT2D eigenvalue weighted by Crippen LogP contribution is 2.24. The molecule has 0 bridgehead atoms. The molecule has 30 heavy (non-hydrogen) atoms. The van der Waals surface area contributed by atoms with Crippen molar-refractivity contribution in [2.45, 2.75) is 46.0 Å². The molecule has 0 aliphatic carbocycles. The maximum absolute atomic E-state index is 14.3. The van der Waals surface area contributed by atoms with Crippen molar-refractivity contribution in [2.75, 3.05) is 0 Å². The maximum atomic E-state index is 14.3. The van der Waals surface area contributed by atoms with Crippen LogP contribution in [-0.2, 0) is 12.8 Å². The average Bonchev–Trinajstić information content (AvgIpc) is 2.76. The van der Waals surface area contributed by atoms with Gasteiger partial charge in [0.1, 0.15) is 5.82 Å². The third-order valence-electron chi connectivity index (χ3n) is 5.26. The van der Waals surface area contributed by atoms with Crippen molar-refractivity contribution in [1.82, 2.24) is 0 Å². The Bertz CT molecular complexity index is 1020. The fourth-order valence-electron chi connectivity index (χ4n) is 3.47. The van der Waals surface area contributed by atoms with Crippen LogP contribution in [0.2, 0.25) is 0 Å². The molecule has 3 heteroatoms. The first-order valence-corrected chi connectivity index (χ1v) is 10.6. The van der Waals surface area contributed by atoms with Crippen LogP contribution < -0.4 is 0 Å². The molecule has 0 atom stereocenters. The zero-order valence-electron chi connectivity index (χ0n) is 17.5. The summed E-state index contributed by atoms with van der Waals surface area (Å²) in [6, 6.07) is 16.2. The molecule has 0 aromatic heterocycles. The molecule has 0 radical (unpaired) electrons. The first-order valence-electron chi connectivity index (χ1n) is 10.6.